The SMILES string of the molecule is CCCCC(CN)Nc1ccnc(C(=O)OC)n1. The molecule has 6 nitrogen and oxygen atoms in total. The van der Waals surface area contributed by atoms with Crippen LogP contribution in [-0.2, 0) is 4.74 Å². The lowest BCUT2D eigenvalue weighted by atomic mass is 10.1. The third-order valence-corrected chi connectivity index (χ3v) is 2.57. The molecule has 100 valence electrons. The van der Waals surface area contributed by atoms with E-state index in [1.807, 2.05) is 0 Å². The average Bonchev–Trinajstić information content (AvgIpc) is 2.42. The second-order valence-electron chi connectivity index (χ2n) is 3.98. The van der Waals surface area contributed by atoms with Crippen LogP contribution in [-0.4, -0.2) is 35.6 Å². The summed E-state index contributed by atoms with van der Waals surface area (Å²) in [5, 5.41) is 3.20. The molecule has 0 spiro atoms. The van der Waals surface area contributed by atoms with Crippen LogP contribution < -0.4 is 11.1 Å². The highest BCUT2D eigenvalue weighted by molar-refractivity contribution is 5.85. The lowest BCUT2D eigenvalue weighted by molar-refractivity contribution is 0.0587. The van der Waals surface area contributed by atoms with E-state index < -0.39 is 5.97 Å². The lowest BCUT2D eigenvalue weighted by Gasteiger charge is -2.17. The van der Waals surface area contributed by atoms with Crippen molar-refractivity contribution in [2.45, 2.75) is 32.2 Å². The largest absolute Gasteiger partial charge is 0.463 e. The highest BCUT2D eigenvalue weighted by Gasteiger charge is 2.11. The van der Waals surface area contributed by atoms with Gasteiger partial charge in [-0.3, -0.25) is 0 Å². The zero-order valence-corrected chi connectivity index (χ0v) is 10.8. The van der Waals surface area contributed by atoms with Gasteiger partial charge >= 0.3 is 5.97 Å². The number of nitrogens with two attached hydrogens (primary N) is 1. The molecule has 0 bridgehead atoms. The molecule has 6 heteroatoms. The molecule has 0 aromatic carbocycles. The number of esters is 1. The van der Waals surface area contributed by atoms with Gasteiger partial charge in [0, 0.05) is 18.8 Å². The van der Waals surface area contributed by atoms with Gasteiger partial charge in [-0.15, -0.1) is 0 Å². The normalized spacial score (nSPS) is 11.9. The molecular weight excluding hydrogens is 232 g/mol. The van der Waals surface area contributed by atoms with Gasteiger partial charge in [-0.2, -0.15) is 0 Å². The summed E-state index contributed by atoms with van der Waals surface area (Å²) in [7, 11) is 1.30. The van der Waals surface area contributed by atoms with E-state index in [2.05, 4.69) is 26.9 Å². The van der Waals surface area contributed by atoms with Crippen molar-refractivity contribution in [2.24, 2.45) is 5.73 Å². The summed E-state index contributed by atoms with van der Waals surface area (Å²) in [6, 6.07) is 1.87. The molecule has 0 saturated carbocycles. The van der Waals surface area contributed by atoms with Crippen LogP contribution in [0.2, 0.25) is 0 Å². The topological polar surface area (TPSA) is 90.1 Å². The summed E-state index contributed by atoms with van der Waals surface area (Å²) in [6.07, 6.45) is 4.72. The molecule has 1 unspecified atom stereocenters. The summed E-state index contributed by atoms with van der Waals surface area (Å²) in [5.74, 6) is 0.0993. The highest BCUT2D eigenvalue weighted by atomic mass is 16.5. The van der Waals surface area contributed by atoms with Gasteiger partial charge in [0.1, 0.15) is 5.82 Å². The van der Waals surface area contributed by atoms with E-state index in [9.17, 15) is 4.79 Å². The quantitative estimate of drug-likeness (QED) is 0.708. The Balaban J connectivity index is 2.68. The van der Waals surface area contributed by atoms with Crippen molar-refractivity contribution in [3.05, 3.63) is 18.1 Å². The standard InChI is InChI=1S/C12H20N4O2/c1-3-4-5-9(8-13)15-10-6-7-14-11(16-10)12(17)18-2/h6-7,9H,3-5,8,13H2,1-2H3,(H,14,15,16). The Morgan fingerprint density at radius 2 is 2.39 bits per heavy atom. The summed E-state index contributed by atoms with van der Waals surface area (Å²) >= 11 is 0. The first-order valence-electron chi connectivity index (χ1n) is 6.09. The fourth-order valence-corrected chi connectivity index (χ4v) is 1.54. The Morgan fingerprint density at radius 3 is 3.00 bits per heavy atom. The molecule has 0 radical (unpaired) electrons. The van der Waals surface area contributed by atoms with Crippen LogP contribution in [0.4, 0.5) is 5.82 Å². The van der Waals surface area contributed by atoms with Crippen molar-refractivity contribution in [3.8, 4) is 0 Å². The van der Waals surface area contributed by atoms with Gasteiger partial charge in [0.25, 0.3) is 0 Å². The molecule has 18 heavy (non-hydrogen) atoms. The molecular formula is C12H20N4O2. The third kappa shape index (κ3) is 4.29. The Hall–Kier alpha value is -1.69. The van der Waals surface area contributed by atoms with Gasteiger partial charge in [0.2, 0.25) is 5.82 Å². The number of hydrogen-bond acceptors (Lipinski definition) is 6. The van der Waals surface area contributed by atoms with E-state index in [0.717, 1.165) is 19.3 Å². The molecule has 0 aliphatic rings. The van der Waals surface area contributed by atoms with Gasteiger partial charge in [-0.05, 0) is 12.5 Å². The molecule has 3 N–H and O–H groups in total. The number of unbranched alkanes of at least 4 members (excludes halogenated alkanes) is 1. The van der Waals surface area contributed by atoms with Crippen LogP contribution in [0.3, 0.4) is 0 Å². The number of nitrogens with one attached hydrogen (secondary N) is 1. The van der Waals surface area contributed by atoms with Crippen molar-refractivity contribution >= 4 is 11.8 Å². The number of nitrogens with zero attached hydrogens (tertiary/aromatic N) is 2. The number of methoxy groups -OCH3 is 1. The second-order valence-corrected chi connectivity index (χ2v) is 3.98. The Bertz CT molecular complexity index is 384. The van der Waals surface area contributed by atoms with E-state index in [-0.39, 0.29) is 11.9 Å². The Kier molecular flexibility index (Phi) is 6.07. The molecule has 1 aromatic heterocycles. The van der Waals surface area contributed by atoms with E-state index in [4.69, 9.17) is 5.73 Å². The molecule has 1 heterocycles. The molecule has 1 rings (SSSR count). The molecule has 0 amide bonds. The van der Waals surface area contributed by atoms with Crippen molar-refractivity contribution < 1.29 is 9.53 Å². The molecule has 0 fully saturated rings. The van der Waals surface area contributed by atoms with E-state index in [0.29, 0.717) is 12.4 Å². The first-order chi connectivity index (χ1) is 8.71. The second kappa shape index (κ2) is 7.60. The van der Waals surface area contributed by atoms with Crippen molar-refractivity contribution in [2.75, 3.05) is 19.0 Å². The lowest BCUT2D eigenvalue weighted by Crippen LogP contribution is -2.29. The average molecular weight is 252 g/mol. The zero-order chi connectivity index (χ0) is 13.4. The minimum Gasteiger partial charge on any atom is -0.463 e. The maximum atomic E-state index is 11.3. The van der Waals surface area contributed by atoms with E-state index >= 15 is 0 Å². The first kappa shape index (κ1) is 14.4. The van der Waals surface area contributed by atoms with Crippen LogP contribution in [0, 0.1) is 0 Å². The molecule has 0 aliphatic heterocycles. The molecule has 1 atom stereocenters. The third-order valence-electron chi connectivity index (χ3n) is 2.57. The van der Waals surface area contributed by atoms with Gasteiger partial charge in [-0.1, -0.05) is 19.8 Å². The van der Waals surface area contributed by atoms with Crippen molar-refractivity contribution in [1.29, 1.82) is 0 Å². The van der Waals surface area contributed by atoms with Crippen LogP contribution in [0.1, 0.15) is 36.8 Å². The fourth-order valence-electron chi connectivity index (χ4n) is 1.54. The zero-order valence-electron chi connectivity index (χ0n) is 10.8. The number of carbonyl (C=O) groups excluding carboxylic acids is 1. The number of ether oxygens (including phenoxy) is 1. The molecule has 1 aromatic rings. The number of anilines is 1. The number of rotatable bonds is 7. The monoisotopic (exact) mass is 252 g/mol. The molecule has 0 aliphatic carbocycles. The van der Waals surface area contributed by atoms with E-state index in [1.54, 1.807) is 6.07 Å². The highest BCUT2D eigenvalue weighted by Crippen LogP contribution is 2.08. The van der Waals surface area contributed by atoms with Crippen LogP contribution in [0.25, 0.3) is 0 Å². The number of carbonyl (C=O) groups is 1. The maximum Gasteiger partial charge on any atom is 0.376 e. The smallest absolute Gasteiger partial charge is 0.376 e. The summed E-state index contributed by atoms with van der Waals surface area (Å²) in [5.41, 5.74) is 5.69. The summed E-state index contributed by atoms with van der Waals surface area (Å²) in [4.78, 5) is 19.2. The van der Waals surface area contributed by atoms with Crippen molar-refractivity contribution in [1.82, 2.24) is 9.97 Å². The molecule has 0 saturated heterocycles. The number of hydrogen-bond donors (Lipinski definition) is 2. The Labute approximate surface area is 107 Å². The first-order valence-corrected chi connectivity index (χ1v) is 6.09. The van der Waals surface area contributed by atoms with Gasteiger partial charge in [-0.25, -0.2) is 14.8 Å². The van der Waals surface area contributed by atoms with Crippen LogP contribution in [0.5, 0.6) is 0 Å². The van der Waals surface area contributed by atoms with Gasteiger partial charge < -0.3 is 15.8 Å². The van der Waals surface area contributed by atoms with Gasteiger partial charge in [0.05, 0.1) is 7.11 Å². The summed E-state index contributed by atoms with van der Waals surface area (Å²) < 4.78 is 4.57. The van der Waals surface area contributed by atoms with Crippen LogP contribution in [0.15, 0.2) is 12.3 Å². The maximum absolute atomic E-state index is 11.3. The minimum absolute atomic E-state index is 0.0498. The fraction of sp³-hybridized carbons (Fsp3) is 0.583. The Morgan fingerprint density at radius 1 is 1.61 bits per heavy atom. The predicted octanol–water partition coefficient (Wildman–Crippen LogP) is 1.19. The summed E-state index contributed by atoms with van der Waals surface area (Å²) in [6.45, 7) is 2.66. The van der Waals surface area contributed by atoms with Crippen molar-refractivity contribution in [3.63, 3.8) is 0 Å². The minimum atomic E-state index is -0.545. The number of aromatic nitrogens is 2. The van der Waals surface area contributed by atoms with Gasteiger partial charge in [0.15, 0.2) is 0 Å². The predicted molar refractivity (Wildman–Crippen MR) is 69.4 cm³/mol. The van der Waals surface area contributed by atoms with Crippen LogP contribution >= 0.6 is 0 Å². The van der Waals surface area contributed by atoms with E-state index in [1.165, 1.54) is 13.3 Å².